The maximum absolute atomic E-state index is 10.7. The second kappa shape index (κ2) is 3.88. The molecule has 0 aliphatic carbocycles. The molecule has 1 heterocycles. The van der Waals surface area contributed by atoms with E-state index in [4.69, 9.17) is 11.6 Å². The van der Waals surface area contributed by atoms with Gasteiger partial charge in [0.25, 0.3) is 0 Å². The summed E-state index contributed by atoms with van der Waals surface area (Å²) in [6.45, 7) is 1.56. The number of Topliss-reactive ketones (excluding diaryl/α,β-unsaturated/α-hetero) is 1. The summed E-state index contributed by atoms with van der Waals surface area (Å²) in [6, 6.07) is 3.89. The summed E-state index contributed by atoms with van der Waals surface area (Å²) in [4.78, 5) is 11.7. The Hall–Kier alpha value is -0.340. The Morgan fingerprint density at radius 3 is 3.00 bits per heavy atom. The van der Waals surface area contributed by atoms with Gasteiger partial charge in [0, 0.05) is 11.3 Å². The third-order valence-corrected chi connectivity index (χ3v) is 2.82. The summed E-state index contributed by atoms with van der Waals surface area (Å²) in [6.07, 6.45) is 0.433. The lowest BCUT2D eigenvalue weighted by Crippen LogP contribution is -1.95. The molecule has 0 spiro atoms. The Labute approximate surface area is 75.0 Å². The first-order valence-corrected chi connectivity index (χ1v) is 4.68. The lowest BCUT2D eigenvalue weighted by Gasteiger charge is -2.02. The maximum atomic E-state index is 10.7. The van der Waals surface area contributed by atoms with Gasteiger partial charge in [-0.05, 0) is 18.4 Å². The smallest absolute Gasteiger partial charge is 0.131 e. The van der Waals surface area contributed by atoms with Crippen LogP contribution in [0, 0.1) is 0 Å². The van der Waals surface area contributed by atoms with E-state index in [0.29, 0.717) is 6.42 Å². The summed E-state index contributed by atoms with van der Waals surface area (Å²) in [7, 11) is 0. The molecule has 1 atom stereocenters. The second-order valence-corrected chi connectivity index (χ2v) is 3.90. The molecule has 0 N–H and O–H groups in total. The minimum Gasteiger partial charge on any atom is -0.300 e. The summed E-state index contributed by atoms with van der Waals surface area (Å²) >= 11 is 7.52. The lowest BCUT2D eigenvalue weighted by atomic mass is 10.2. The molecule has 0 radical (unpaired) electrons. The largest absolute Gasteiger partial charge is 0.300 e. The average Bonchev–Trinajstić information content (AvgIpc) is 2.35. The van der Waals surface area contributed by atoms with Gasteiger partial charge in [0.2, 0.25) is 0 Å². The Morgan fingerprint density at radius 2 is 2.55 bits per heavy atom. The summed E-state index contributed by atoms with van der Waals surface area (Å²) in [5.41, 5.74) is 0. The fourth-order valence-corrected chi connectivity index (χ4v) is 1.97. The number of ketones is 1. The molecule has 0 fully saturated rings. The second-order valence-electron chi connectivity index (χ2n) is 2.39. The third-order valence-electron chi connectivity index (χ3n) is 1.32. The van der Waals surface area contributed by atoms with Gasteiger partial charge in [-0.2, -0.15) is 0 Å². The minimum absolute atomic E-state index is 0.132. The van der Waals surface area contributed by atoms with Crippen LogP contribution in [0.3, 0.4) is 0 Å². The van der Waals surface area contributed by atoms with Crippen LogP contribution in [0.25, 0.3) is 0 Å². The maximum Gasteiger partial charge on any atom is 0.131 e. The zero-order valence-corrected chi connectivity index (χ0v) is 7.78. The monoisotopic (exact) mass is 188 g/mol. The van der Waals surface area contributed by atoms with Gasteiger partial charge in [-0.25, -0.2) is 0 Å². The van der Waals surface area contributed by atoms with E-state index >= 15 is 0 Å². The van der Waals surface area contributed by atoms with Crippen molar-refractivity contribution in [1.29, 1.82) is 0 Å². The van der Waals surface area contributed by atoms with E-state index in [1.807, 2.05) is 17.5 Å². The van der Waals surface area contributed by atoms with Crippen molar-refractivity contribution in [3.8, 4) is 0 Å². The first kappa shape index (κ1) is 8.75. The highest BCUT2D eigenvalue weighted by atomic mass is 35.5. The molecule has 1 rings (SSSR count). The number of hydrogen-bond donors (Lipinski definition) is 0. The first-order valence-electron chi connectivity index (χ1n) is 3.37. The molecule has 0 aliphatic heterocycles. The summed E-state index contributed by atoms with van der Waals surface area (Å²) in [5, 5.41) is 1.83. The molecule has 0 aliphatic rings. The van der Waals surface area contributed by atoms with Crippen molar-refractivity contribution < 1.29 is 4.79 Å². The SMILES string of the molecule is CC(=O)CC(Cl)c1cccs1. The molecule has 1 aromatic heterocycles. The van der Waals surface area contributed by atoms with Crippen LogP contribution < -0.4 is 0 Å². The van der Waals surface area contributed by atoms with Crippen molar-refractivity contribution in [1.82, 2.24) is 0 Å². The van der Waals surface area contributed by atoms with E-state index in [1.165, 1.54) is 0 Å². The zero-order valence-electron chi connectivity index (χ0n) is 6.21. The molecule has 0 bridgehead atoms. The van der Waals surface area contributed by atoms with Crippen LogP contribution in [0.15, 0.2) is 17.5 Å². The molecule has 1 unspecified atom stereocenters. The lowest BCUT2D eigenvalue weighted by molar-refractivity contribution is -0.117. The van der Waals surface area contributed by atoms with Crippen LogP contribution >= 0.6 is 22.9 Å². The van der Waals surface area contributed by atoms with Gasteiger partial charge >= 0.3 is 0 Å². The quantitative estimate of drug-likeness (QED) is 0.667. The fourth-order valence-electron chi connectivity index (χ4n) is 0.822. The van der Waals surface area contributed by atoms with Gasteiger partial charge in [-0.1, -0.05) is 6.07 Å². The van der Waals surface area contributed by atoms with Gasteiger partial charge in [-0.3, -0.25) is 4.79 Å². The van der Waals surface area contributed by atoms with Crippen LogP contribution in [0.5, 0.6) is 0 Å². The Balaban J connectivity index is 2.56. The molecule has 0 aromatic carbocycles. The van der Waals surface area contributed by atoms with E-state index in [0.717, 1.165) is 4.88 Å². The highest BCUT2D eigenvalue weighted by molar-refractivity contribution is 7.10. The van der Waals surface area contributed by atoms with Gasteiger partial charge in [0.15, 0.2) is 0 Å². The molecular weight excluding hydrogens is 180 g/mol. The number of rotatable bonds is 3. The van der Waals surface area contributed by atoms with Gasteiger partial charge in [0.05, 0.1) is 5.38 Å². The highest BCUT2D eigenvalue weighted by Gasteiger charge is 2.10. The number of halogens is 1. The third kappa shape index (κ3) is 2.64. The predicted molar refractivity (Wildman–Crippen MR) is 48.2 cm³/mol. The molecule has 1 nitrogen and oxygen atoms in total. The first-order chi connectivity index (χ1) is 5.20. The van der Waals surface area contributed by atoms with Crippen LogP contribution in [0.1, 0.15) is 23.6 Å². The van der Waals surface area contributed by atoms with E-state index in [-0.39, 0.29) is 11.2 Å². The van der Waals surface area contributed by atoms with Gasteiger partial charge in [0.1, 0.15) is 5.78 Å². The van der Waals surface area contributed by atoms with Gasteiger partial charge in [-0.15, -0.1) is 22.9 Å². The zero-order chi connectivity index (χ0) is 8.27. The van der Waals surface area contributed by atoms with Crippen molar-refractivity contribution in [2.75, 3.05) is 0 Å². The number of thiophene rings is 1. The van der Waals surface area contributed by atoms with Crippen LogP contribution in [-0.4, -0.2) is 5.78 Å². The molecule has 11 heavy (non-hydrogen) atoms. The van der Waals surface area contributed by atoms with E-state index in [1.54, 1.807) is 18.3 Å². The number of alkyl halides is 1. The molecule has 0 amide bonds. The van der Waals surface area contributed by atoms with Crippen LogP contribution in [0.2, 0.25) is 0 Å². The highest BCUT2D eigenvalue weighted by Crippen LogP contribution is 2.27. The van der Waals surface area contributed by atoms with E-state index < -0.39 is 0 Å². The van der Waals surface area contributed by atoms with E-state index in [9.17, 15) is 4.79 Å². The van der Waals surface area contributed by atoms with Gasteiger partial charge < -0.3 is 0 Å². The summed E-state index contributed by atoms with van der Waals surface area (Å²) < 4.78 is 0. The van der Waals surface area contributed by atoms with Crippen molar-refractivity contribution in [3.05, 3.63) is 22.4 Å². The van der Waals surface area contributed by atoms with Crippen molar-refractivity contribution in [2.24, 2.45) is 0 Å². The van der Waals surface area contributed by atoms with Crippen molar-refractivity contribution in [2.45, 2.75) is 18.7 Å². The molecule has 0 saturated heterocycles. The Bertz CT molecular complexity index is 230. The number of carbonyl (C=O) groups excluding carboxylic acids is 1. The van der Waals surface area contributed by atoms with Crippen LogP contribution in [-0.2, 0) is 4.79 Å². The molecule has 1 aromatic rings. The van der Waals surface area contributed by atoms with Crippen molar-refractivity contribution in [3.63, 3.8) is 0 Å². The average molecular weight is 189 g/mol. The van der Waals surface area contributed by atoms with Crippen LogP contribution in [0.4, 0.5) is 0 Å². The number of hydrogen-bond acceptors (Lipinski definition) is 2. The molecule has 3 heteroatoms. The Morgan fingerprint density at radius 1 is 1.82 bits per heavy atom. The topological polar surface area (TPSA) is 17.1 Å². The fraction of sp³-hybridized carbons (Fsp3) is 0.375. The standard InChI is InChI=1S/C8H9ClOS/c1-6(10)5-7(9)8-3-2-4-11-8/h2-4,7H,5H2,1H3. The normalized spacial score (nSPS) is 12.9. The minimum atomic E-state index is -0.132. The predicted octanol–water partition coefficient (Wildman–Crippen LogP) is 3.01. The molecule has 60 valence electrons. The molecule has 0 saturated carbocycles. The summed E-state index contributed by atoms with van der Waals surface area (Å²) in [5.74, 6) is 0.137. The van der Waals surface area contributed by atoms with Crippen molar-refractivity contribution >= 4 is 28.7 Å². The Kier molecular flexibility index (Phi) is 3.09. The number of carbonyl (C=O) groups is 1. The van der Waals surface area contributed by atoms with E-state index in [2.05, 4.69) is 0 Å². The molecular formula is C8H9ClOS.